The molecule has 1 unspecified atom stereocenters. The third kappa shape index (κ3) is 3.52. The van der Waals surface area contributed by atoms with Gasteiger partial charge in [-0.1, -0.05) is 0 Å². The Balaban J connectivity index is 1.89. The van der Waals surface area contributed by atoms with Crippen molar-refractivity contribution in [2.24, 2.45) is 5.92 Å². The van der Waals surface area contributed by atoms with Crippen molar-refractivity contribution in [2.75, 3.05) is 19.7 Å². The molecule has 19 heavy (non-hydrogen) atoms. The van der Waals surface area contributed by atoms with Crippen molar-refractivity contribution in [3.8, 4) is 0 Å². The molecule has 0 N–H and O–H groups in total. The fourth-order valence-electron chi connectivity index (χ4n) is 2.21. The zero-order valence-electron chi connectivity index (χ0n) is 11.0. The molecule has 0 saturated carbocycles. The minimum absolute atomic E-state index is 0.0421. The van der Waals surface area contributed by atoms with Crippen LogP contribution in [-0.4, -0.2) is 51.2 Å². The molecule has 1 saturated heterocycles. The lowest BCUT2D eigenvalue weighted by molar-refractivity contribution is -0.151. The molecule has 1 aliphatic heterocycles. The van der Waals surface area contributed by atoms with Crippen LogP contribution in [0.2, 0.25) is 0 Å². The molecule has 0 aromatic carbocycles. The number of ether oxygens (including phenoxy) is 1. The number of rotatable bonds is 4. The zero-order valence-corrected chi connectivity index (χ0v) is 11.0. The van der Waals surface area contributed by atoms with E-state index in [-0.39, 0.29) is 24.3 Å². The molecule has 1 aromatic rings. The van der Waals surface area contributed by atoms with Crippen LogP contribution >= 0.6 is 0 Å². The van der Waals surface area contributed by atoms with Crippen molar-refractivity contribution < 1.29 is 14.3 Å². The molecule has 7 nitrogen and oxygen atoms in total. The van der Waals surface area contributed by atoms with E-state index >= 15 is 0 Å². The lowest BCUT2D eigenvalue weighted by atomic mass is 9.98. The fraction of sp³-hybridized carbons (Fsp3) is 0.667. The average Bonchev–Trinajstić information content (AvgIpc) is 2.92. The van der Waals surface area contributed by atoms with E-state index in [0.29, 0.717) is 19.7 Å². The number of esters is 1. The molecule has 0 aliphatic carbocycles. The van der Waals surface area contributed by atoms with Gasteiger partial charge in [0.05, 0.1) is 12.5 Å². The van der Waals surface area contributed by atoms with Gasteiger partial charge in [-0.15, -0.1) is 0 Å². The molecule has 2 heterocycles. The van der Waals surface area contributed by atoms with Gasteiger partial charge in [-0.2, -0.15) is 5.10 Å². The van der Waals surface area contributed by atoms with E-state index in [1.807, 2.05) is 0 Å². The quantitative estimate of drug-likeness (QED) is 0.721. The molecule has 1 atom stereocenters. The van der Waals surface area contributed by atoms with E-state index in [1.54, 1.807) is 11.8 Å². The number of likely N-dealkylation sites (tertiary alicyclic amines) is 1. The summed E-state index contributed by atoms with van der Waals surface area (Å²) in [7, 11) is 0. The van der Waals surface area contributed by atoms with E-state index in [2.05, 4.69) is 10.1 Å². The minimum Gasteiger partial charge on any atom is -0.466 e. The smallest absolute Gasteiger partial charge is 0.310 e. The first-order valence-corrected chi connectivity index (χ1v) is 6.47. The summed E-state index contributed by atoms with van der Waals surface area (Å²) < 4.78 is 6.49. The Morgan fingerprint density at radius 1 is 1.47 bits per heavy atom. The molecule has 104 valence electrons. The number of carbonyl (C=O) groups excluding carboxylic acids is 2. The second-order valence-corrected chi connectivity index (χ2v) is 4.52. The Kier molecular flexibility index (Phi) is 4.48. The zero-order chi connectivity index (χ0) is 13.7. The first-order valence-electron chi connectivity index (χ1n) is 6.47. The number of hydrogen-bond acceptors (Lipinski definition) is 5. The summed E-state index contributed by atoms with van der Waals surface area (Å²) in [5, 5.41) is 3.90. The Morgan fingerprint density at radius 3 is 3.00 bits per heavy atom. The Bertz CT molecular complexity index is 432. The van der Waals surface area contributed by atoms with Crippen LogP contribution in [0.5, 0.6) is 0 Å². The van der Waals surface area contributed by atoms with Crippen LogP contribution in [0.25, 0.3) is 0 Å². The molecule has 0 bridgehead atoms. The second-order valence-electron chi connectivity index (χ2n) is 4.52. The van der Waals surface area contributed by atoms with Gasteiger partial charge < -0.3 is 9.64 Å². The van der Waals surface area contributed by atoms with E-state index in [0.717, 1.165) is 12.8 Å². The van der Waals surface area contributed by atoms with Crippen molar-refractivity contribution in [3.05, 3.63) is 12.7 Å². The topological polar surface area (TPSA) is 77.3 Å². The molecular weight excluding hydrogens is 248 g/mol. The lowest BCUT2D eigenvalue weighted by Crippen LogP contribution is -2.44. The van der Waals surface area contributed by atoms with E-state index in [4.69, 9.17) is 4.74 Å². The number of piperidine rings is 1. The standard InChI is InChI=1S/C12H18N4O3/c1-2-19-12(18)10-4-3-5-15(6-10)11(17)7-16-9-13-8-14-16/h8-10H,2-7H2,1H3. The highest BCUT2D eigenvalue weighted by molar-refractivity contribution is 5.78. The van der Waals surface area contributed by atoms with Crippen molar-refractivity contribution in [1.29, 1.82) is 0 Å². The Morgan fingerprint density at radius 2 is 2.32 bits per heavy atom. The minimum atomic E-state index is -0.208. The number of carbonyl (C=O) groups is 2. The van der Waals surface area contributed by atoms with Crippen LogP contribution in [0.4, 0.5) is 0 Å². The Hall–Kier alpha value is -1.92. The number of nitrogens with zero attached hydrogens (tertiary/aromatic N) is 4. The van der Waals surface area contributed by atoms with Crippen LogP contribution < -0.4 is 0 Å². The maximum Gasteiger partial charge on any atom is 0.310 e. The summed E-state index contributed by atoms with van der Waals surface area (Å²) in [6.45, 7) is 3.45. The van der Waals surface area contributed by atoms with Gasteiger partial charge in [0.1, 0.15) is 19.2 Å². The summed E-state index contributed by atoms with van der Waals surface area (Å²) in [5.74, 6) is -0.450. The highest BCUT2D eigenvalue weighted by atomic mass is 16.5. The largest absolute Gasteiger partial charge is 0.466 e. The predicted molar refractivity (Wildman–Crippen MR) is 66.0 cm³/mol. The first-order chi connectivity index (χ1) is 9.20. The first kappa shape index (κ1) is 13.5. The third-order valence-corrected chi connectivity index (χ3v) is 3.16. The third-order valence-electron chi connectivity index (χ3n) is 3.16. The maximum atomic E-state index is 12.1. The van der Waals surface area contributed by atoms with Crippen LogP contribution in [0, 0.1) is 5.92 Å². The summed E-state index contributed by atoms with van der Waals surface area (Å²) in [5.41, 5.74) is 0. The van der Waals surface area contributed by atoms with Crippen molar-refractivity contribution >= 4 is 11.9 Å². The normalized spacial score (nSPS) is 19.2. The SMILES string of the molecule is CCOC(=O)C1CCCN(C(=O)Cn2cncn2)C1. The summed E-state index contributed by atoms with van der Waals surface area (Å²) in [4.78, 5) is 29.3. The van der Waals surface area contributed by atoms with Crippen molar-refractivity contribution in [3.63, 3.8) is 0 Å². The monoisotopic (exact) mass is 266 g/mol. The summed E-state index contributed by atoms with van der Waals surface area (Å²) in [6.07, 6.45) is 4.51. The van der Waals surface area contributed by atoms with Crippen LogP contribution in [-0.2, 0) is 20.9 Å². The van der Waals surface area contributed by atoms with Gasteiger partial charge in [0, 0.05) is 13.1 Å². The second kappa shape index (κ2) is 6.31. The van der Waals surface area contributed by atoms with Gasteiger partial charge >= 0.3 is 5.97 Å². The molecule has 0 radical (unpaired) electrons. The molecule has 7 heteroatoms. The van der Waals surface area contributed by atoms with Gasteiger partial charge in [0.2, 0.25) is 5.91 Å². The fourth-order valence-corrected chi connectivity index (χ4v) is 2.21. The summed E-state index contributed by atoms with van der Waals surface area (Å²) >= 11 is 0. The molecule has 1 aromatic heterocycles. The van der Waals surface area contributed by atoms with Crippen molar-refractivity contribution in [2.45, 2.75) is 26.3 Å². The molecule has 2 rings (SSSR count). The van der Waals surface area contributed by atoms with Crippen LogP contribution in [0.1, 0.15) is 19.8 Å². The van der Waals surface area contributed by atoms with Gasteiger partial charge in [-0.05, 0) is 19.8 Å². The van der Waals surface area contributed by atoms with E-state index in [1.165, 1.54) is 17.3 Å². The van der Waals surface area contributed by atoms with Gasteiger partial charge in [0.25, 0.3) is 0 Å². The van der Waals surface area contributed by atoms with E-state index < -0.39 is 0 Å². The number of hydrogen-bond donors (Lipinski definition) is 0. The molecule has 1 amide bonds. The predicted octanol–water partition coefficient (Wildman–Crippen LogP) is 0.0798. The van der Waals surface area contributed by atoms with Gasteiger partial charge in [0.15, 0.2) is 0 Å². The van der Waals surface area contributed by atoms with E-state index in [9.17, 15) is 9.59 Å². The number of aromatic nitrogens is 3. The molecular formula is C12H18N4O3. The molecule has 1 aliphatic rings. The lowest BCUT2D eigenvalue weighted by Gasteiger charge is -2.31. The number of amides is 1. The highest BCUT2D eigenvalue weighted by Crippen LogP contribution is 2.18. The van der Waals surface area contributed by atoms with Gasteiger partial charge in [-0.25, -0.2) is 9.67 Å². The van der Waals surface area contributed by atoms with Gasteiger partial charge in [-0.3, -0.25) is 9.59 Å². The molecule has 0 spiro atoms. The van der Waals surface area contributed by atoms with Crippen LogP contribution in [0.3, 0.4) is 0 Å². The molecule has 1 fully saturated rings. The van der Waals surface area contributed by atoms with Crippen LogP contribution in [0.15, 0.2) is 12.7 Å². The summed E-state index contributed by atoms with van der Waals surface area (Å²) in [6, 6.07) is 0. The maximum absolute atomic E-state index is 12.1. The average molecular weight is 266 g/mol. The van der Waals surface area contributed by atoms with Crippen molar-refractivity contribution in [1.82, 2.24) is 19.7 Å². The Labute approximate surface area is 111 Å². The highest BCUT2D eigenvalue weighted by Gasteiger charge is 2.29.